The Morgan fingerprint density at radius 2 is 0.889 bits per heavy atom. The Morgan fingerprint density at radius 1 is 0.667 bits per heavy atom. The van der Waals surface area contributed by atoms with Gasteiger partial charge in [0.2, 0.25) is 0 Å². The highest BCUT2D eigenvalue weighted by Gasteiger charge is 2.13. The van der Waals surface area contributed by atoms with Gasteiger partial charge in [-0.15, -0.1) is 0 Å². The van der Waals surface area contributed by atoms with E-state index in [1.54, 1.807) is 0 Å². The first kappa shape index (κ1) is 17.2. The average Bonchev–Trinajstić information content (AvgIpc) is 2.40. The van der Waals surface area contributed by atoms with Gasteiger partial charge in [-0.05, 0) is 25.7 Å². The summed E-state index contributed by atoms with van der Waals surface area (Å²) in [6.07, 6.45) is 5.89. The molecule has 0 nitrogen and oxygen atoms in total. The number of hydrogen-bond acceptors (Lipinski definition) is 0. The first-order valence-corrected chi connectivity index (χ1v) is 7.61. The Morgan fingerprint density at radius 3 is 1.11 bits per heavy atom. The Balaban J connectivity index is 0.000000283. The van der Waals surface area contributed by atoms with E-state index in [1.807, 2.05) is 13.8 Å². The van der Waals surface area contributed by atoms with Crippen LogP contribution in [-0.4, -0.2) is 0 Å². The smallest absolute Gasteiger partial charge is 0.0398 e. The molecule has 0 saturated heterocycles. The molecule has 1 saturated carbocycles. The summed E-state index contributed by atoms with van der Waals surface area (Å²) in [7, 11) is 0. The summed E-state index contributed by atoms with van der Waals surface area (Å²) in [5, 5.41) is 0. The van der Waals surface area contributed by atoms with E-state index in [-0.39, 0.29) is 0 Å². The topological polar surface area (TPSA) is 0 Å². The van der Waals surface area contributed by atoms with Crippen molar-refractivity contribution >= 4 is 0 Å². The first-order chi connectivity index (χ1) is 8.58. The van der Waals surface area contributed by atoms with Crippen LogP contribution in [0.2, 0.25) is 0 Å². The van der Waals surface area contributed by atoms with Crippen LogP contribution in [0.15, 0.2) is 24.3 Å². The third-order valence-corrected chi connectivity index (χ3v) is 3.52. The lowest BCUT2D eigenvalue weighted by molar-refractivity contribution is 0.308. The largest absolute Gasteiger partial charge is 0.0683 e. The third-order valence-electron chi connectivity index (χ3n) is 3.52. The Kier molecular flexibility index (Phi) is 9.73. The molecule has 18 heavy (non-hydrogen) atoms. The van der Waals surface area contributed by atoms with Crippen LogP contribution in [0, 0.1) is 25.7 Å². The van der Waals surface area contributed by atoms with E-state index in [2.05, 4.69) is 52.0 Å². The molecule has 1 aromatic carbocycles. The maximum Gasteiger partial charge on any atom is -0.0398 e. The van der Waals surface area contributed by atoms with E-state index >= 15 is 0 Å². The molecule has 0 amide bonds. The first-order valence-electron chi connectivity index (χ1n) is 7.61. The van der Waals surface area contributed by atoms with Crippen molar-refractivity contribution in [3.8, 4) is 0 Å². The third kappa shape index (κ3) is 8.33. The highest BCUT2D eigenvalue weighted by Crippen LogP contribution is 2.27. The lowest BCUT2D eigenvalue weighted by Gasteiger charge is -2.22. The average molecular weight is 248 g/mol. The maximum atomic E-state index is 2.37. The summed E-state index contributed by atoms with van der Waals surface area (Å²) < 4.78 is 0. The van der Waals surface area contributed by atoms with E-state index in [1.165, 1.54) is 36.8 Å². The van der Waals surface area contributed by atoms with Crippen molar-refractivity contribution < 1.29 is 0 Å². The van der Waals surface area contributed by atoms with Gasteiger partial charge >= 0.3 is 0 Å². The molecule has 0 aromatic heterocycles. The van der Waals surface area contributed by atoms with Gasteiger partial charge in [-0.1, -0.05) is 88.8 Å². The van der Waals surface area contributed by atoms with Gasteiger partial charge < -0.3 is 0 Å². The van der Waals surface area contributed by atoms with Crippen molar-refractivity contribution in [3.05, 3.63) is 35.4 Å². The van der Waals surface area contributed by atoms with E-state index in [0.29, 0.717) is 0 Å². The van der Waals surface area contributed by atoms with Crippen LogP contribution in [0.1, 0.15) is 64.5 Å². The maximum absolute atomic E-state index is 2.37. The van der Waals surface area contributed by atoms with Gasteiger partial charge in [0, 0.05) is 0 Å². The molecule has 0 aliphatic heterocycles. The SMILES string of the molecule is CC.CC1CCC(C)CC1.Cc1ccc(C)cc1. The molecule has 1 fully saturated rings. The van der Waals surface area contributed by atoms with E-state index < -0.39 is 0 Å². The second-order valence-electron chi connectivity index (χ2n) is 5.52. The molecule has 1 aromatic rings. The van der Waals surface area contributed by atoms with Crippen molar-refractivity contribution in [2.24, 2.45) is 11.8 Å². The quantitative estimate of drug-likeness (QED) is 0.515. The Hall–Kier alpha value is -0.780. The molecule has 0 atom stereocenters. The fourth-order valence-corrected chi connectivity index (χ4v) is 2.06. The van der Waals surface area contributed by atoms with Crippen LogP contribution in [0.3, 0.4) is 0 Å². The van der Waals surface area contributed by atoms with Crippen LogP contribution >= 0.6 is 0 Å². The molecule has 0 N–H and O–H groups in total. The molecule has 0 unspecified atom stereocenters. The molecule has 0 heterocycles. The molecule has 1 aliphatic carbocycles. The summed E-state index contributed by atoms with van der Waals surface area (Å²) >= 11 is 0. The highest BCUT2D eigenvalue weighted by atomic mass is 14.2. The molecule has 0 radical (unpaired) electrons. The van der Waals surface area contributed by atoms with Gasteiger partial charge in [0.05, 0.1) is 0 Å². The van der Waals surface area contributed by atoms with Crippen molar-refractivity contribution in [3.63, 3.8) is 0 Å². The van der Waals surface area contributed by atoms with Crippen LogP contribution < -0.4 is 0 Å². The fraction of sp³-hybridized carbons (Fsp3) is 0.667. The normalized spacial score (nSPS) is 22.1. The summed E-state index contributed by atoms with van der Waals surface area (Å²) in [4.78, 5) is 0. The summed E-state index contributed by atoms with van der Waals surface area (Å²) in [5.74, 6) is 2.04. The van der Waals surface area contributed by atoms with Gasteiger partial charge in [-0.3, -0.25) is 0 Å². The van der Waals surface area contributed by atoms with Gasteiger partial charge in [0.1, 0.15) is 0 Å². The minimum atomic E-state index is 1.02. The second kappa shape index (κ2) is 10.2. The zero-order valence-corrected chi connectivity index (χ0v) is 13.3. The molecule has 2 rings (SSSR count). The van der Waals surface area contributed by atoms with Crippen LogP contribution in [0.5, 0.6) is 0 Å². The molecule has 0 spiro atoms. The fourth-order valence-electron chi connectivity index (χ4n) is 2.06. The predicted octanol–water partition coefficient (Wildman–Crippen LogP) is 6.16. The molecular formula is C18H32. The van der Waals surface area contributed by atoms with Gasteiger partial charge in [0.25, 0.3) is 0 Å². The standard InChI is InChI=1S/C8H16.C8H10.C2H6/c2*1-7-3-5-8(2)6-4-7;1-2/h7-8H,3-6H2,1-2H3;3-6H,1-2H3;1-2H3. The summed E-state index contributed by atoms with van der Waals surface area (Å²) in [6, 6.07) is 8.48. The molecule has 0 heteroatoms. The highest BCUT2D eigenvalue weighted by molar-refractivity contribution is 5.19. The summed E-state index contributed by atoms with van der Waals surface area (Å²) in [6.45, 7) is 12.9. The summed E-state index contributed by atoms with van der Waals surface area (Å²) in [5.41, 5.74) is 2.66. The van der Waals surface area contributed by atoms with Crippen molar-refractivity contribution in [2.75, 3.05) is 0 Å². The van der Waals surface area contributed by atoms with Gasteiger partial charge in [-0.25, -0.2) is 0 Å². The van der Waals surface area contributed by atoms with E-state index in [4.69, 9.17) is 0 Å². The number of benzene rings is 1. The van der Waals surface area contributed by atoms with E-state index in [0.717, 1.165) is 11.8 Å². The van der Waals surface area contributed by atoms with Gasteiger partial charge in [0.15, 0.2) is 0 Å². The number of rotatable bonds is 0. The Bertz CT molecular complexity index is 244. The van der Waals surface area contributed by atoms with Crippen molar-refractivity contribution in [1.82, 2.24) is 0 Å². The van der Waals surface area contributed by atoms with Gasteiger partial charge in [-0.2, -0.15) is 0 Å². The monoisotopic (exact) mass is 248 g/mol. The zero-order valence-electron chi connectivity index (χ0n) is 13.3. The number of aryl methyl sites for hydroxylation is 2. The predicted molar refractivity (Wildman–Crippen MR) is 84.1 cm³/mol. The van der Waals surface area contributed by atoms with E-state index in [9.17, 15) is 0 Å². The molecule has 0 bridgehead atoms. The second-order valence-corrected chi connectivity index (χ2v) is 5.52. The lowest BCUT2D eigenvalue weighted by Crippen LogP contribution is -2.08. The lowest BCUT2D eigenvalue weighted by atomic mass is 9.84. The molecular weight excluding hydrogens is 216 g/mol. The minimum absolute atomic E-state index is 1.02. The Labute approximate surface area is 115 Å². The van der Waals surface area contributed by atoms with Crippen LogP contribution in [0.4, 0.5) is 0 Å². The van der Waals surface area contributed by atoms with Crippen molar-refractivity contribution in [1.29, 1.82) is 0 Å². The minimum Gasteiger partial charge on any atom is -0.0683 e. The number of hydrogen-bond donors (Lipinski definition) is 0. The zero-order chi connectivity index (χ0) is 14.0. The van der Waals surface area contributed by atoms with Crippen molar-refractivity contribution in [2.45, 2.75) is 67.2 Å². The van der Waals surface area contributed by atoms with Crippen LogP contribution in [-0.2, 0) is 0 Å². The molecule has 104 valence electrons. The molecule has 1 aliphatic rings. The van der Waals surface area contributed by atoms with Crippen LogP contribution in [0.25, 0.3) is 0 Å².